The average molecular weight is 369 g/mol. The molecule has 0 spiro atoms. The van der Waals surface area contributed by atoms with Gasteiger partial charge in [-0.05, 0) is 38.0 Å². The second-order valence-corrected chi connectivity index (χ2v) is 7.18. The molecule has 3 aromatic rings. The zero-order chi connectivity index (χ0) is 18.7. The predicted octanol–water partition coefficient (Wildman–Crippen LogP) is 4.44. The number of aryl methyl sites for hydroxylation is 1. The fourth-order valence-electron chi connectivity index (χ4n) is 3.04. The number of thiazole rings is 1. The maximum absolute atomic E-state index is 11.8. The van der Waals surface area contributed by atoms with E-state index >= 15 is 0 Å². The Morgan fingerprint density at radius 3 is 2.81 bits per heavy atom. The number of pyridine rings is 1. The molecule has 0 fully saturated rings. The highest BCUT2D eigenvalue weighted by Gasteiger charge is 2.18. The maximum atomic E-state index is 11.8. The summed E-state index contributed by atoms with van der Waals surface area (Å²) in [6.07, 6.45) is 4.85. The monoisotopic (exact) mass is 368 g/mol. The number of carbonyl (C=O) groups is 1. The maximum Gasteiger partial charge on any atom is 0.250 e. The van der Waals surface area contributed by atoms with Gasteiger partial charge in [0, 0.05) is 35.1 Å². The summed E-state index contributed by atoms with van der Waals surface area (Å²) >= 11 is 1.60. The predicted molar refractivity (Wildman–Crippen MR) is 106 cm³/mol. The minimum absolute atomic E-state index is 0.392. The molecular weight excluding hydrogens is 344 g/mol. The van der Waals surface area contributed by atoms with Gasteiger partial charge in [0.2, 0.25) is 0 Å². The number of aromatic nitrogens is 3. The van der Waals surface area contributed by atoms with Crippen LogP contribution >= 0.6 is 11.3 Å². The third-order valence-corrected chi connectivity index (χ3v) is 5.45. The fraction of sp³-hybridized carbons (Fsp3) is 0.350. The van der Waals surface area contributed by atoms with E-state index in [1.807, 2.05) is 30.6 Å². The molecule has 0 radical (unpaired) electrons. The van der Waals surface area contributed by atoms with Gasteiger partial charge in [-0.2, -0.15) is 0 Å². The Labute approximate surface area is 157 Å². The van der Waals surface area contributed by atoms with Crippen molar-refractivity contribution in [2.75, 3.05) is 0 Å². The van der Waals surface area contributed by atoms with E-state index in [0.717, 1.165) is 59.2 Å². The highest BCUT2D eigenvalue weighted by molar-refractivity contribution is 7.13. The number of amides is 1. The van der Waals surface area contributed by atoms with Gasteiger partial charge in [-0.3, -0.25) is 9.78 Å². The minimum atomic E-state index is -0.392. The smallest absolute Gasteiger partial charge is 0.250 e. The van der Waals surface area contributed by atoms with Crippen LogP contribution in [0.3, 0.4) is 0 Å². The molecule has 0 atom stereocenters. The molecule has 0 aliphatic heterocycles. The van der Waals surface area contributed by atoms with E-state index in [2.05, 4.69) is 29.5 Å². The number of rotatable bonds is 7. The molecule has 2 N–H and O–H groups in total. The number of hydrogen-bond acceptors (Lipinski definition) is 4. The Kier molecular flexibility index (Phi) is 5.52. The molecule has 0 aliphatic carbocycles. The van der Waals surface area contributed by atoms with Crippen molar-refractivity contribution in [2.45, 2.75) is 46.6 Å². The molecule has 6 heteroatoms. The largest absolute Gasteiger partial charge is 0.366 e. The molecule has 26 heavy (non-hydrogen) atoms. The van der Waals surface area contributed by atoms with Gasteiger partial charge >= 0.3 is 0 Å². The molecule has 1 amide bonds. The topological polar surface area (TPSA) is 73.8 Å². The summed E-state index contributed by atoms with van der Waals surface area (Å²) in [7, 11) is 0. The quantitative estimate of drug-likeness (QED) is 0.670. The average Bonchev–Trinajstić information content (AvgIpc) is 3.25. The van der Waals surface area contributed by atoms with Crippen molar-refractivity contribution in [3.05, 3.63) is 46.7 Å². The molecule has 5 nitrogen and oxygen atoms in total. The standard InChI is InChI=1S/C20H24N4OS/c1-4-6-9-24-13(3)16(19(21)25)11-18(24)17-12-26-20(23-17)14-7-8-22-15(5-2)10-14/h7-8,10-12H,4-6,9H2,1-3H3,(H2,21,25). The first-order chi connectivity index (χ1) is 12.5. The third kappa shape index (κ3) is 3.55. The van der Waals surface area contributed by atoms with Gasteiger partial charge in [-0.1, -0.05) is 20.3 Å². The molecule has 0 saturated carbocycles. The number of nitrogens with zero attached hydrogens (tertiary/aromatic N) is 3. The fourth-order valence-corrected chi connectivity index (χ4v) is 3.85. The highest BCUT2D eigenvalue weighted by Crippen LogP contribution is 2.31. The SMILES string of the molecule is CCCCn1c(-c2csc(-c3ccnc(CC)c3)n2)cc(C(N)=O)c1C. The van der Waals surface area contributed by atoms with E-state index < -0.39 is 5.91 Å². The summed E-state index contributed by atoms with van der Waals surface area (Å²) in [6, 6.07) is 5.94. The molecule has 0 bridgehead atoms. The lowest BCUT2D eigenvalue weighted by Crippen LogP contribution is -2.12. The van der Waals surface area contributed by atoms with E-state index in [9.17, 15) is 4.79 Å². The van der Waals surface area contributed by atoms with E-state index in [0.29, 0.717) is 5.56 Å². The Hall–Kier alpha value is -2.47. The van der Waals surface area contributed by atoms with Crippen molar-refractivity contribution in [3.63, 3.8) is 0 Å². The van der Waals surface area contributed by atoms with Crippen LogP contribution in [-0.4, -0.2) is 20.4 Å². The van der Waals surface area contributed by atoms with Gasteiger partial charge in [0.05, 0.1) is 17.0 Å². The van der Waals surface area contributed by atoms with Crippen molar-refractivity contribution in [1.29, 1.82) is 0 Å². The first kappa shape index (κ1) is 18.3. The molecule has 0 aromatic carbocycles. The molecular formula is C20H24N4OS. The summed E-state index contributed by atoms with van der Waals surface area (Å²) in [5, 5.41) is 3.00. The molecule has 136 valence electrons. The van der Waals surface area contributed by atoms with Crippen LogP contribution in [0.4, 0.5) is 0 Å². The van der Waals surface area contributed by atoms with Crippen LogP contribution in [0.25, 0.3) is 22.0 Å². The Morgan fingerprint density at radius 2 is 2.12 bits per heavy atom. The van der Waals surface area contributed by atoms with Gasteiger partial charge in [0.25, 0.3) is 5.91 Å². The number of nitrogens with two attached hydrogens (primary N) is 1. The van der Waals surface area contributed by atoms with Crippen LogP contribution in [-0.2, 0) is 13.0 Å². The second kappa shape index (κ2) is 7.83. The molecule has 0 unspecified atom stereocenters. The van der Waals surface area contributed by atoms with Gasteiger partial charge in [0.15, 0.2) is 0 Å². The summed E-state index contributed by atoms with van der Waals surface area (Å²) in [4.78, 5) is 21.0. The Bertz CT molecular complexity index is 926. The zero-order valence-electron chi connectivity index (χ0n) is 15.5. The highest BCUT2D eigenvalue weighted by atomic mass is 32.1. The number of carbonyl (C=O) groups excluding carboxylic acids is 1. The van der Waals surface area contributed by atoms with E-state index in [1.165, 1.54) is 0 Å². The van der Waals surface area contributed by atoms with Crippen LogP contribution < -0.4 is 5.73 Å². The van der Waals surface area contributed by atoms with Crippen molar-refractivity contribution < 1.29 is 4.79 Å². The van der Waals surface area contributed by atoms with Gasteiger partial charge in [-0.15, -0.1) is 11.3 Å². The van der Waals surface area contributed by atoms with Crippen molar-refractivity contribution in [3.8, 4) is 22.0 Å². The first-order valence-corrected chi connectivity index (χ1v) is 9.84. The Balaban J connectivity index is 2.02. The molecule has 0 saturated heterocycles. The molecule has 3 rings (SSSR count). The molecule has 0 aliphatic rings. The summed E-state index contributed by atoms with van der Waals surface area (Å²) in [6.45, 7) is 7.05. The minimum Gasteiger partial charge on any atom is -0.366 e. The van der Waals surface area contributed by atoms with Crippen LogP contribution in [0.15, 0.2) is 29.8 Å². The molecule has 3 aromatic heterocycles. The second-order valence-electron chi connectivity index (χ2n) is 6.33. The van der Waals surface area contributed by atoms with Crippen molar-refractivity contribution in [1.82, 2.24) is 14.5 Å². The lowest BCUT2D eigenvalue weighted by atomic mass is 10.2. The number of primary amides is 1. The number of unbranched alkanes of at least 4 members (excludes halogenated alkanes) is 1. The van der Waals surface area contributed by atoms with Crippen LogP contribution in [0.1, 0.15) is 48.4 Å². The Morgan fingerprint density at radius 1 is 1.31 bits per heavy atom. The van der Waals surface area contributed by atoms with Crippen LogP contribution in [0, 0.1) is 6.92 Å². The van der Waals surface area contributed by atoms with E-state index in [1.54, 1.807) is 11.3 Å². The normalized spacial score (nSPS) is 11.0. The summed E-state index contributed by atoms with van der Waals surface area (Å²) in [5.41, 5.74) is 11.0. The van der Waals surface area contributed by atoms with Crippen molar-refractivity contribution >= 4 is 17.2 Å². The van der Waals surface area contributed by atoms with Crippen molar-refractivity contribution in [2.24, 2.45) is 5.73 Å². The lowest BCUT2D eigenvalue weighted by molar-refractivity contribution is 0.0999. The third-order valence-electron chi connectivity index (χ3n) is 4.56. The summed E-state index contributed by atoms with van der Waals surface area (Å²) in [5.74, 6) is -0.392. The first-order valence-electron chi connectivity index (χ1n) is 8.96. The van der Waals surface area contributed by atoms with Crippen LogP contribution in [0.5, 0.6) is 0 Å². The summed E-state index contributed by atoms with van der Waals surface area (Å²) < 4.78 is 2.16. The van der Waals surface area contributed by atoms with Gasteiger partial charge in [-0.25, -0.2) is 4.98 Å². The zero-order valence-corrected chi connectivity index (χ0v) is 16.3. The van der Waals surface area contributed by atoms with Gasteiger partial charge < -0.3 is 10.3 Å². The van der Waals surface area contributed by atoms with E-state index in [-0.39, 0.29) is 0 Å². The van der Waals surface area contributed by atoms with E-state index in [4.69, 9.17) is 10.7 Å². The van der Waals surface area contributed by atoms with Gasteiger partial charge in [0.1, 0.15) is 5.01 Å². The number of hydrogen-bond donors (Lipinski definition) is 1. The lowest BCUT2D eigenvalue weighted by Gasteiger charge is -2.09. The molecule has 3 heterocycles. The van der Waals surface area contributed by atoms with Crippen LogP contribution in [0.2, 0.25) is 0 Å².